The van der Waals surface area contributed by atoms with E-state index in [9.17, 15) is 5.11 Å². The van der Waals surface area contributed by atoms with Gasteiger partial charge in [0.1, 0.15) is 11.5 Å². The number of nitrogens with one attached hydrogen (secondary N) is 1. The number of nitrogens with zero attached hydrogens (tertiary/aromatic N) is 1. The highest BCUT2D eigenvalue weighted by atomic mass is 16.5. The van der Waals surface area contributed by atoms with Gasteiger partial charge in [-0.1, -0.05) is 30.3 Å². The Labute approximate surface area is 176 Å². The monoisotopic (exact) mass is 398 g/mol. The molecule has 152 valence electrons. The van der Waals surface area contributed by atoms with Crippen LogP contribution in [0.25, 0.3) is 10.9 Å². The molecule has 0 amide bonds. The number of hydrogen-bond acceptors (Lipinski definition) is 3. The highest BCUT2D eigenvalue weighted by molar-refractivity contribution is 5.84. The Morgan fingerprint density at radius 3 is 2.53 bits per heavy atom. The average molecular weight is 399 g/mol. The Bertz CT molecular complexity index is 1210. The van der Waals surface area contributed by atoms with Crippen molar-refractivity contribution in [1.29, 1.82) is 0 Å². The van der Waals surface area contributed by atoms with Crippen molar-refractivity contribution in [3.8, 4) is 11.5 Å². The normalized spacial score (nSPS) is 18.1. The van der Waals surface area contributed by atoms with Crippen LogP contribution in [-0.2, 0) is 0 Å². The van der Waals surface area contributed by atoms with Crippen molar-refractivity contribution in [1.82, 2.24) is 4.98 Å². The Morgan fingerprint density at radius 2 is 1.77 bits per heavy atom. The third kappa shape index (κ3) is 3.09. The number of ether oxygens (including phenoxy) is 1. The summed E-state index contributed by atoms with van der Waals surface area (Å²) in [5, 5.41) is 11.2. The van der Waals surface area contributed by atoms with E-state index in [1.165, 1.54) is 27.8 Å². The first-order valence-corrected chi connectivity index (χ1v) is 10.3. The first-order valence-electron chi connectivity index (χ1n) is 10.3. The second-order valence-electron chi connectivity index (χ2n) is 8.40. The second-order valence-corrected chi connectivity index (χ2v) is 8.40. The molecule has 4 nitrogen and oxygen atoms in total. The van der Waals surface area contributed by atoms with Crippen molar-refractivity contribution in [2.45, 2.75) is 18.8 Å². The van der Waals surface area contributed by atoms with Gasteiger partial charge in [-0.15, -0.1) is 0 Å². The van der Waals surface area contributed by atoms with Crippen molar-refractivity contribution in [2.75, 3.05) is 25.6 Å². The van der Waals surface area contributed by atoms with Gasteiger partial charge in [-0.2, -0.15) is 0 Å². The maximum Gasteiger partial charge on any atom is 0.126 e. The molecule has 5 rings (SSSR count). The number of fused-ring (bicyclic) bond motifs is 2. The smallest absolute Gasteiger partial charge is 0.126 e. The van der Waals surface area contributed by atoms with Crippen molar-refractivity contribution in [3.63, 3.8) is 0 Å². The molecule has 0 radical (unpaired) electrons. The molecule has 0 saturated heterocycles. The van der Waals surface area contributed by atoms with E-state index in [0.717, 1.165) is 16.8 Å². The van der Waals surface area contributed by atoms with E-state index in [2.05, 4.69) is 79.6 Å². The van der Waals surface area contributed by atoms with Crippen LogP contribution in [0, 0.1) is 6.92 Å². The summed E-state index contributed by atoms with van der Waals surface area (Å²) in [6, 6.07) is 20.8. The molecule has 2 N–H and O–H groups in total. The molecule has 0 saturated carbocycles. The molecule has 0 spiro atoms. The van der Waals surface area contributed by atoms with Gasteiger partial charge in [-0.3, -0.25) is 0 Å². The zero-order valence-corrected chi connectivity index (χ0v) is 17.5. The van der Waals surface area contributed by atoms with E-state index in [-0.39, 0.29) is 17.6 Å². The number of aryl methyl sites for hydroxylation is 1. The largest absolute Gasteiger partial charge is 0.508 e. The molecule has 4 heteroatoms. The lowest BCUT2D eigenvalue weighted by atomic mass is 9.75. The molecule has 0 bridgehead atoms. The Hall–Kier alpha value is -3.40. The van der Waals surface area contributed by atoms with Gasteiger partial charge in [0, 0.05) is 60.3 Å². The van der Waals surface area contributed by atoms with E-state index < -0.39 is 0 Å². The van der Waals surface area contributed by atoms with Crippen molar-refractivity contribution in [2.24, 2.45) is 0 Å². The summed E-state index contributed by atoms with van der Waals surface area (Å²) < 4.78 is 6.14. The number of rotatable bonds is 3. The number of phenols is 1. The first-order chi connectivity index (χ1) is 14.5. The molecule has 2 heterocycles. The van der Waals surface area contributed by atoms with Gasteiger partial charge in [-0.05, 0) is 47.9 Å². The lowest BCUT2D eigenvalue weighted by Crippen LogP contribution is -2.25. The molecular weight excluding hydrogens is 372 g/mol. The Kier molecular flexibility index (Phi) is 4.43. The summed E-state index contributed by atoms with van der Waals surface area (Å²) in [6.07, 6.45) is 2.13. The van der Waals surface area contributed by atoms with Gasteiger partial charge >= 0.3 is 0 Å². The van der Waals surface area contributed by atoms with Crippen LogP contribution >= 0.6 is 0 Å². The van der Waals surface area contributed by atoms with Gasteiger partial charge in [0.2, 0.25) is 0 Å². The lowest BCUT2D eigenvalue weighted by molar-refractivity contribution is 0.248. The van der Waals surface area contributed by atoms with Crippen LogP contribution in [0.4, 0.5) is 5.69 Å². The summed E-state index contributed by atoms with van der Waals surface area (Å²) >= 11 is 0. The van der Waals surface area contributed by atoms with Crippen molar-refractivity contribution in [3.05, 3.63) is 89.1 Å². The van der Waals surface area contributed by atoms with Crippen molar-refractivity contribution < 1.29 is 9.84 Å². The zero-order chi connectivity index (χ0) is 20.8. The van der Waals surface area contributed by atoms with E-state index in [4.69, 9.17) is 4.74 Å². The van der Waals surface area contributed by atoms with Gasteiger partial charge < -0.3 is 19.7 Å². The Balaban J connectivity index is 1.66. The van der Waals surface area contributed by atoms with Crippen LogP contribution in [0.15, 0.2) is 66.9 Å². The zero-order valence-electron chi connectivity index (χ0n) is 17.5. The van der Waals surface area contributed by atoms with Crippen LogP contribution in [0.5, 0.6) is 11.5 Å². The molecule has 2 atom stereocenters. The van der Waals surface area contributed by atoms with Gasteiger partial charge in [-0.25, -0.2) is 0 Å². The van der Waals surface area contributed by atoms with Crippen LogP contribution in [0.2, 0.25) is 0 Å². The van der Waals surface area contributed by atoms with Crippen LogP contribution in [0.3, 0.4) is 0 Å². The van der Waals surface area contributed by atoms with Crippen molar-refractivity contribution >= 4 is 16.6 Å². The Morgan fingerprint density at radius 1 is 0.967 bits per heavy atom. The third-order valence-corrected chi connectivity index (χ3v) is 6.19. The van der Waals surface area contributed by atoms with E-state index >= 15 is 0 Å². The first kappa shape index (κ1) is 18.6. The third-order valence-electron chi connectivity index (χ3n) is 6.19. The molecule has 1 aliphatic rings. The maximum atomic E-state index is 9.97. The van der Waals surface area contributed by atoms with Gasteiger partial charge in [0.15, 0.2) is 0 Å². The summed E-state index contributed by atoms with van der Waals surface area (Å²) in [5.41, 5.74) is 7.21. The topological polar surface area (TPSA) is 48.5 Å². The minimum absolute atomic E-state index is 0.144. The average Bonchev–Trinajstić information content (AvgIpc) is 3.15. The quantitative estimate of drug-likeness (QED) is 0.475. The molecule has 0 fully saturated rings. The molecule has 3 aromatic carbocycles. The lowest BCUT2D eigenvalue weighted by Gasteiger charge is -2.34. The molecule has 4 aromatic rings. The van der Waals surface area contributed by atoms with Gasteiger partial charge in [0.05, 0.1) is 6.61 Å². The second kappa shape index (κ2) is 7.13. The highest BCUT2D eigenvalue weighted by Gasteiger charge is 2.35. The fourth-order valence-electron chi connectivity index (χ4n) is 4.63. The summed E-state index contributed by atoms with van der Waals surface area (Å²) in [4.78, 5) is 5.56. The van der Waals surface area contributed by atoms with E-state index in [1.54, 1.807) is 12.1 Å². The SMILES string of the molecule is Cc1ccc2c(C3COc4cc(O)ccc4C3c3ccc(N(C)C)cc3)c[nH]c2c1. The summed E-state index contributed by atoms with van der Waals surface area (Å²) in [7, 11) is 4.11. The number of benzene rings is 3. The van der Waals surface area contributed by atoms with Crippen LogP contribution < -0.4 is 9.64 Å². The molecule has 1 aromatic heterocycles. The number of aromatic hydroxyl groups is 1. The number of aromatic nitrogens is 1. The predicted octanol–water partition coefficient (Wildman–Crippen LogP) is 5.56. The van der Waals surface area contributed by atoms with E-state index in [1.807, 2.05) is 6.07 Å². The minimum Gasteiger partial charge on any atom is -0.508 e. The molecule has 2 unspecified atom stereocenters. The predicted molar refractivity (Wildman–Crippen MR) is 122 cm³/mol. The molecule has 30 heavy (non-hydrogen) atoms. The van der Waals surface area contributed by atoms with Crippen LogP contribution in [0.1, 0.15) is 34.1 Å². The molecular formula is C26H26N2O2. The fourth-order valence-corrected chi connectivity index (χ4v) is 4.63. The maximum absolute atomic E-state index is 9.97. The number of phenolic OH excluding ortho intramolecular Hbond substituents is 1. The standard InChI is InChI=1S/C26H26N2O2/c1-16-4-10-20-22(14-27-24(20)12-16)23-15-30-25-13-19(29)9-11-21(25)26(23)17-5-7-18(8-6-17)28(2)3/h4-14,23,26-27,29H,15H2,1-3H3. The number of H-pyrrole nitrogens is 1. The summed E-state index contributed by atoms with van der Waals surface area (Å²) in [6.45, 7) is 2.68. The van der Waals surface area contributed by atoms with E-state index in [0.29, 0.717) is 6.61 Å². The number of anilines is 1. The minimum atomic E-state index is 0.144. The number of hydrogen-bond donors (Lipinski definition) is 2. The fraction of sp³-hybridized carbons (Fsp3) is 0.231. The summed E-state index contributed by atoms with van der Waals surface area (Å²) in [5.74, 6) is 1.31. The number of aromatic amines is 1. The molecule has 1 aliphatic heterocycles. The highest BCUT2D eigenvalue weighted by Crippen LogP contribution is 2.48. The molecule has 0 aliphatic carbocycles. The van der Waals surface area contributed by atoms with Gasteiger partial charge in [0.25, 0.3) is 0 Å². The van der Waals surface area contributed by atoms with Crippen LogP contribution in [-0.4, -0.2) is 30.8 Å².